The first-order valence-electron chi connectivity index (χ1n) is 12.5. The second-order valence-electron chi connectivity index (χ2n) is 9.73. The van der Waals surface area contributed by atoms with Gasteiger partial charge < -0.3 is 19.6 Å². The van der Waals surface area contributed by atoms with Crippen molar-refractivity contribution in [3.05, 3.63) is 65.4 Å². The first-order valence-corrected chi connectivity index (χ1v) is 12.5. The highest BCUT2D eigenvalue weighted by molar-refractivity contribution is 5.97. The molecule has 1 aliphatic carbocycles. The maximum atomic E-state index is 13.6. The molecule has 3 atom stereocenters. The van der Waals surface area contributed by atoms with Crippen molar-refractivity contribution in [2.75, 3.05) is 26.7 Å². The molecule has 0 saturated carbocycles. The van der Waals surface area contributed by atoms with Crippen LogP contribution in [0.1, 0.15) is 65.8 Å². The van der Waals surface area contributed by atoms with Crippen molar-refractivity contribution in [2.24, 2.45) is 5.92 Å². The molecular weight excluding hydrogens is 442 g/mol. The number of aliphatic hydroxyl groups is 1. The third-order valence-corrected chi connectivity index (χ3v) is 7.00. The first-order chi connectivity index (χ1) is 16.9. The van der Waals surface area contributed by atoms with E-state index >= 15 is 0 Å². The van der Waals surface area contributed by atoms with Crippen LogP contribution in [0.25, 0.3) is 5.57 Å². The number of carbonyl (C=O) groups is 2. The molecule has 2 aromatic rings. The second kappa shape index (κ2) is 11.0. The van der Waals surface area contributed by atoms with Crippen LogP contribution in [0.4, 0.5) is 0 Å². The molecule has 2 amide bonds. The Bertz CT molecular complexity index is 1080. The number of ether oxygens (including phenoxy) is 1. The van der Waals surface area contributed by atoms with Crippen LogP contribution < -0.4 is 4.74 Å². The third kappa shape index (κ3) is 5.56. The van der Waals surface area contributed by atoms with Gasteiger partial charge in [0.05, 0.1) is 19.2 Å². The Morgan fingerprint density at radius 3 is 2.74 bits per heavy atom. The van der Waals surface area contributed by atoms with Crippen LogP contribution in [0.5, 0.6) is 5.88 Å². The fourth-order valence-electron chi connectivity index (χ4n) is 4.75. The molecule has 7 nitrogen and oxygen atoms in total. The van der Waals surface area contributed by atoms with Gasteiger partial charge in [0.25, 0.3) is 11.8 Å². The largest absolute Gasteiger partial charge is 0.472 e. The summed E-state index contributed by atoms with van der Waals surface area (Å²) in [5.41, 5.74) is 3.17. The van der Waals surface area contributed by atoms with E-state index in [0.29, 0.717) is 24.2 Å². The van der Waals surface area contributed by atoms with Gasteiger partial charge in [0.2, 0.25) is 5.88 Å². The number of likely N-dealkylation sites (N-methyl/N-ethyl adjacent to an activating group) is 1. The predicted octanol–water partition coefficient (Wildman–Crippen LogP) is 4.03. The average Bonchev–Trinajstić information content (AvgIpc) is 2.90. The number of carbonyl (C=O) groups excluding carboxylic acids is 2. The lowest BCUT2D eigenvalue weighted by molar-refractivity contribution is 0.0313. The Morgan fingerprint density at radius 1 is 1.29 bits per heavy atom. The van der Waals surface area contributed by atoms with Crippen molar-refractivity contribution < 1.29 is 19.4 Å². The molecule has 4 rings (SSSR count). The molecule has 1 aromatic heterocycles. The molecule has 7 heteroatoms. The summed E-state index contributed by atoms with van der Waals surface area (Å²) >= 11 is 0. The predicted molar refractivity (Wildman–Crippen MR) is 135 cm³/mol. The van der Waals surface area contributed by atoms with Crippen molar-refractivity contribution >= 4 is 17.4 Å². The zero-order valence-corrected chi connectivity index (χ0v) is 20.8. The van der Waals surface area contributed by atoms with E-state index in [0.717, 1.165) is 24.8 Å². The Labute approximate surface area is 207 Å². The lowest BCUT2D eigenvalue weighted by atomic mass is 9.93. The Hall–Kier alpha value is -3.19. The summed E-state index contributed by atoms with van der Waals surface area (Å²) in [6, 6.07) is 10.7. The number of aromatic nitrogens is 1. The molecule has 35 heavy (non-hydrogen) atoms. The van der Waals surface area contributed by atoms with Gasteiger partial charge in [-0.15, -0.1) is 0 Å². The van der Waals surface area contributed by atoms with Crippen molar-refractivity contribution in [3.8, 4) is 5.88 Å². The van der Waals surface area contributed by atoms with Gasteiger partial charge in [0.1, 0.15) is 11.7 Å². The third-order valence-electron chi connectivity index (χ3n) is 7.00. The van der Waals surface area contributed by atoms with E-state index in [4.69, 9.17) is 4.74 Å². The van der Waals surface area contributed by atoms with E-state index < -0.39 is 0 Å². The monoisotopic (exact) mass is 477 g/mol. The van der Waals surface area contributed by atoms with E-state index in [9.17, 15) is 14.7 Å². The molecule has 1 N–H and O–H groups in total. The maximum Gasteiger partial charge on any atom is 0.259 e. The van der Waals surface area contributed by atoms with Crippen molar-refractivity contribution in [1.82, 2.24) is 14.8 Å². The number of amides is 2. The Balaban J connectivity index is 1.66. The normalized spacial score (nSPS) is 21.2. The zero-order valence-electron chi connectivity index (χ0n) is 20.8. The van der Waals surface area contributed by atoms with Crippen molar-refractivity contribution in [2.45, 2.75) is 51.7 Å². The molecule has 1 aliphatic heterocycles. The topological polar surface area (TPSA) is 83.0 Å². The molecular formula is C28H35N3O4. The van der Waals surface area contributed by atoms with Gasteiger partial charge in [-0.25, -0.2) is 4.98 Å². The molecule has 0 bridgehead atoms. The highest BCUT2D eigenvalue weighted by atomic mass is 16.5. The summed E-state index contributed by atoms with van der Waals surface area (Å²) in [6.45, 7) is 4.46. The standard InChI is InChI=1S/C28H35N3O4/c1-19-16-31(20(2)18-32)28(34)24-14-23(21-10-6-4-7-11-21)15-29-26(24)35-25(19)17-30(3)27(33)22-12-8-5-9-13-22/h5,8-10,12-15,19-20,25,32H,4,6-7,11,16-18H2,1-3H3/t19-,20+,25+/m1/s1. The number of benzene rings is 1. The minimum Gasteiger partial charge on any atom is -0.472 e. The van der Waals surface area contributed by atoms with Crippen LogP contribution >= 0.6 is 0 Å². The summed E-state index contributed by atoms with van der Waals surface area (Å²) in [7, 11) is 1.76. The number of fused-ring (bicyclic) bond motifs is 1. The highest BCUT2D eigenvalue weighted by Crippen LogP contribution is 2.32. The molecule has 0 fully saturated rings. The summed E-state index contributed by atoms with van der Waals surface area (Å²) in [4.78, 5) is 34.5. The van der Waals surface area contributed by atoms with Gasteiger partial charge in [-0.1, -0.05) is 31.2 Å². The number of hydrogen-bond acceptors (Lipinski definition) is 5. The van der Waals surface area contributed by atoms with Crippen LogP contribution in [-0.2, 0) is 0 Å². The fourth-order valence-corrected chi connectivity index (χ4v) is 4.75. The Morgan fingerprint density at radius 2 is 2.06 bits per heavy atom. The van der Waals surface area contributed by atoms with E-state index in [1.807, 2.05) is 38.1 Å². The number of aliphatic hydroxyl groups excluding tert-OH is 1. The summed E-state index contributed by atoms with van der Waals surface area (Å²) in [5, 5.41) is 9.87. The highest BCUT2D eigenvalue weighted by Gasteiger charge is 2.35. The van der Waals surface area contributed by atoms with Crippen molar-refractivity contribution in [1.29, 1.82) is 0 Å². The zero-order chi connectivity index (χ0) is 24.9. The van der Waals surface area contributed by atoms with Crippen molar-refractivity contribution in [3.63, 3.8) is 0 Å². The lowest BCUT2D eigenvalue weighted by Gasteiger charge is -2.37. The molecule has 186 valence electrons. The van der Waals surface area contributed by atoms with E-state index in [1.165, 1.54) is 12.0 Å². The number of nitrogens with zero attached hydrogens (tertiary/aromatic N) is 3. The minimum absolute atomic E-state index is 0.0883. The van der Waals surface area contributed by atoms with Crippen LogP contribution in [0.3, 0.4) is 0 Å². The average molecular weight is 478 g/mol. The SMILES string of the molecule is C[C@@H]1CN([C@@H](C)CO)C(=O)c2cc(C3=CCCCC3)cnc2O[C@H]1CN(C)C(=O)c1ccccc1. The quantitative estimate of drug-likeness (QED) is 0.679. The number of pyridine rings is 1. The summed E-state index contributed by atoms with van der Waals surface area (Å²) in [5.74, 6) is -0.0868. The number of rotatable bonds is 6. The molecule has 2 heterocycles. The maximum absolute atomic E-state index is 13.6. The second-order valence-corrected chi connectivity index (χ2v) is 9.73. The van der Waals surface area contributed by atoms with Gasteiger partial charge in [-0.3, -0.25) is 9.59 Å². The van der Waals surface area contributed by atoms with Crippen LogP contribution in [0.2, 0.25) is 0 Å². The summed E-state index contributed by atoms with van der Waals surface area (Å²) < 4.78 is 6.35. The van der Waals surface area contributed by atoms with Gasteiger partial charge in [0.15, 0.2) is 0 Å². The van der Waals surface area contributed by atoms with E-state index in [-0.39, 0.29) is 42.4 Å². The van der Waals surface area contributed by atoms with Crippen LogP contribution in [0.15, 0.2) is 48.7 Å². The smallest absolute Gasteiger partial charge is 0.259 e. The first kappa shape index (κ1) is 24.9. The van der Waals surface area contributed by atoms with Gasteiger partial charge in [-0.2, -0.15) is 0 Å². The van der Waals surface area contributed by atoms with Crippen LogP contribution in [0, 0.1) is 5.92 Å². The van der Waals surface area contributed by atoms with Gasteiger partial charge in [0, 0.05) is 31.3 Å². The molecule has 0 radical (unpaired) electrons. The Kier molecular flexibility index (Phi) is 7.86. The van der Waals surface area contributed by atoms with E-state index in [1.54, 1.807) is 35.2 Å². The molecule has 0 spiro atoms. The fraction of sp³-hybridized carbons (Fsp3) is 0.464. The molecule has 1 aromatic carbocycles. The molecule has 0 saturated heterocycles. The molecule has 0 unspecified atom stereocenters. The minimum atomic E-state index is -0.375. The number of allylic oxidation sites excluding steroid dienone is 2. The van der Waals surface area contributed by atoms with Crippen LogP contribution in [-0.4, -0.2) is 70.6 Å². The van der Waals surface area contributed by atoms with Gasteiger partial charge in [-0.05, 0) is 61.9 Å². The van der Waals surface area contributed by atoms with Gasteiger partial charge >= 0.3 is 0 Å². The lowest BCUT2D eigenvalue weighted by Crippen LogP contribution is -2.50. The van der Waals surface area contributed by atoms with E-state index in [2.05, 4.69) is 11.1 Å². The molecule has 2 aliphatic rings. The summed E-state index contributed by atoms with van der Waals surface area (Å²) in [6.07, 6.45) is 7.95. The number of hydrogen-bond donors (Lipinski definition) is 1.